The molecular weight excluding hydrogens is 230 g/mol. The predicted octanol–water partition coefficient (Wildman–Crippen LogP) is 0.773. The lowest BCUT2D eigenvalue weighted by molar-refractivity contribution is -0.129. The SMILES string of the molecule is N#Cc1cncnc1NCCC(=O)N1CCCC1. The van der Waals surface area contributed by atoms with E-state index in [2.05, 4.69) is 15.3 Å². The second-order valence-corrected chi connectivity index (χ2v) is 4.16. The van der Waals surface area contributed by atoms with Crippen molar-refractivity contribution in [3.05, 3.63) is 18.1 Å². The highest BCUT2D eigenvalue weighted by Gasteiger charge is 2.17. The van der Waals surface area contributed by atoms with Crippen molar-refractivity contribution in [1.82, 2.24) is 14.9 Å². The van der Waals surface area contributed by atoms with Gasteiger partial charge in [-0.2, -0.15) is 5.26 Å². The second kappa shape index (κ2) is 5.96. The first-order valence-electron chi connectivity index (χ1n) is 6.03. The number of likely N-dealkylation sites (tertiary alicyclic amines) is 1. The molecule has 0 unspecified atom stereocenters. The zero-order valence-electron chi connectivity index (χ0n) is 10.1. The van der Waals surface area contributed by atoms with E-state index in [0.717, 1.165) is 25.9 Å². The third-order valence-corrected chi connectivity index (χ3v) is 2.92. The molecule has 1 aliphatic heterocycles. The summed E-state index contributed by atoms with van der Waals surface area (Å²) in [4.78, 5) is 21.4. The number of anilines is 1. The molecule has 1 N–H and O–H groups in total. The summed E-state index contributed by atoms with van der Waals surface area (Å²) in [6, 6.07) is 2.01. The van der Waals surface area contributed by atoms with Gasteiger partial charge in [0.2, 0.25) is 5.91 Å². The molecular formula is C12H15N5O. The van der Waals surface area contributed by atoms with Gasteiger partial charge < -0.3 is 10.2 Å². The van der Waals surface area contributed by atoms with E-state index in [1.54, 1.807) is 0 Å². The van der Waals surface area contributed by atoms with Crippen molar-refractivity contribution < 1.29 is 4.79 Å². The molecule has 0 spiro atoms. The summed E-state index contributed by atoms with van der Waals surface area (Å²) in [5.74, 6) is 0.647. The number of nitrogens with one attached hydrogen (secondary N) is 1. The van der Waals surface area contributed by atoms with Crippen molar-refractivity contribution in [2.75, 3.05) is 25.0 Å². The monoisotopic (exact) mass is 245 g/mol. The van der Waals surface area contributed by atoms with E-state index in [-0.39, 0.29) is 5.91 Å². The Labute approximate surface area is 106 Å². The molecule has 0 saturated carbocycles. The zero-order chi connectivity index (χ0) is 12.8. The van der Waals surface area contributed by atoms with E-state index in [9.17, 15) is 4.79 Å². The zero-order valence-corrected chi connectivity index (χ0v) is 10.1. The molecule has 2 heterocycles. The summed E-state index contributed by atoms with van der Waals surface area (Å²) < 4.78 is 0. The molecule has 6 heteroatoms. The second-order valence-electron chi connectivity index (χ2n) is 4.16. The molecule has 0 atom stereocenters. The topological polar surface area (TPSA) is 81.9 Å². The average Bonchev–Trinajstić information content (AvgIpc) is 2.93. The number of nitriles is 1. The third kappa shape index (κ3) is 2.94. The maximum Gasteiger partial charge on any atom is 0.224 e. The molecule has 1 saturated heterocycles. The first kappa shape index (κ1) is 12.3. The average molecular weight is 245 g/mol. The Balaban J connectivity index is 1.81. The highest BCUT2D eigenvalue weighted by Crippen LogP contribution is 2.10. The van der Waals surface area contributed by atoms with Crippen LogP contribution < -0.4 is 5.32 Å². The molecule has 1 aromatic rings. The van der Waals surface area contributed by atoms with Gasteiger partial charge in [-0.3, -0.25) is 4.79 Å². The van der Waals surface area contributed by atoms with Crippen LogP contribution in [0.3, 0.4) is 0 Å². The Morgan fingerprint density at radius 1 is 1.50 bits per heavy atom. The number of carbonyl (C=O) groups excluding carboxylic acids is 1. The van der Waals surface area contributed by atoms with Gasteiger partial charge in [0.05, 0.1) is 6.20 Å². The van der Waals surface area contributed by atoms with Gasteiger partial charge in [0.15, 0.2) is 0 Å². The fraction of sp³-hybridized carbons (Fsp3) is 0.500. The van der Waals surface area contributed by atoms with E-state index in [0.29, 0.717) is 24.3 Å². The molecule has 1 fully saturated rings. The number of rotatable bonds is 4. The minimum atomic E-state index is 0.160. The molecule has 0 aromatic carbocycles. The first-order chi connectivity index (χ1) is 8.81. The van der Waals surface area contributed by atoms with Gasteiger partial charge in [0.1, 0.15) is 23.8 Å². The fourth-order valence-corrected chi connectivity index (χ4v) is 1.96. The maximum absolute atomic E-state index is 11.8. The molecule has 2 rings (SSSR count). The van der Waals surface area contributed by atoms with Gasteiger partial charge in [-0.05, 0) is 12.8 Å². The summed E-state index contributed by atoms with van der Waals surface area (Å²) in [5.41, 5.74) is 0.395. The van der Waals surface area contributed by atoms with Crippen LogP contribution in [0.1, 0.15) is 24.8 Å². The number of carbonyl (C=O) groups is 1. The van der Waals surface area contributed by atoms with Gasteiger partial charge in [0.25, 0.3) is 0 Å². The minimum absolute atomic E-state index is 0.160. The summed E-state index contributed by atoms with van der Waals surface area (Å²) in [5, 5.41) is 11.9. The summed E-state index contributed by atoms with van der Waals surface area (Å²) in [7, 11) is 0. The van der Waals surface area contributed by atoms with E-state index in [1.165, 1.54) is 12.5 Å². The van der Waals surface area contributed by atoms with Crippen LogP contribution in [-0.2, 0) is 4.79 Å². The Morgan fingerprint density at radius 3 is 3.00 bits per heavy atom. The molecule has 0 radical (unpaired) electrons. The van der Waals surface area contributed by atoms with Gasteiger partial charge >= 0.3 is 0 Å². The molecule has 18 heavy (non-hydrogen) atoms. The number of hydrogen-bond acceptors (Lipinski definition) is 5. The molecule has 1 aliphatic rings. The van der Waals surface area contributed by atoms with E-state index in [4.69, 9.17) is 5.26 Å². The van der Waals surface area contributed by atoms with Gasteiger partial charge in [0, 0.05) is 26.1 Å². The van der Waals surface area contributed by atoms with E-state index >= 15 is 0 Å². The predicted molar refractivity (Wildman–Crippen MR) is 65.7 cm³/mol. The Bertz CT molecular complexity index is 462. The van der Waals surface area contributed by atoms with Crippen molar-refractivity contribution in [2.45, 2.75) is 19.3 Å². The molecule has 1 amide bonds. The summed E-state index contributed by atoms with van der Waals surface area (Å²) in [6.07, 6.45) is 5.46. The lowest BCUT2D eigenvalue weighted by atomic mass is 10.3. The van der Waals surface area contributed by atoms with Crippen molar-refractivity contribution >= 4 is 11.7 Å². The Kier molecular flexibility index (Phi) is 4.07. The van der Waals surface area contributed by atoms with Crippen LogP contribution in [0.15, 0.2) is 12.5 Å². The lowest BCUT2D eigenvalue weighted by Gasteiger charge is -2.15. The fourth-order valence-electron chi connectivity index (χ4n) is 1.96. The van der Waals surface area contributed by atoms with Crippen LogP contribution in [0, 0.1) is 11.3 Å². The number of amides is 1. The number of nitrogens with zero attached hydrogens (tertiary/aromatic N) is 4. The highest BCUT2D eigenvalue weighted by molar-refractivity contribution is 5.77. The Hall–Kier alpha value is -2.16. The Morgan fingerprint density at radius 2 is 2.28 bits per heavy atom. The highest BCUT2D eigenvalue weighted by atomic mass is 16.2. The molecule has 1 aromatic heterocycles. The van der Waals surface area contributed by atoms with Crippen LogP contribution in [-0.4, -0.2) is 40.4 Å². The third-order valence-electron chi connectivity index (χ3n) is 2.92. The summed E-state index contributed by atoms with van der Waals surface area (Å²) >= 11 is 0. The minimum Gasteiger partial charge on any atom is -0.368 e. The normalized spacial score (nSPS) is 14.3. The van der Waals surface area contributed by atoms with Crippen molar-refractivity contribution in [3.63, 3.8) is 0 Å². The van der Waals surface area contributed by atoms with Crippen LogP contribution in [0.5, 0.6) is 0 Å². The standard InChI is InChI=1S/C12H15N5O/c13-7-10-8-14-9-16-12(10)15-4-3-11(18)17-5-1-2-6-17/h8-9H,1-6H2,(H,14,15,16). The molecule has 6 nitrogen and oxygen atoms in total. The van der Waals surface area contributed by atoms with Crippen LogP contribution in [0.2, 0.25) is 0 Å². The van der Waals surface area contributed by atoms with Gasteiger partial charge in [-0.25, -0.2) is 9.97 Å². The molecule has 0 aliphatic carbocycles. The maximum atomic E-state index is 11.8. The molecule has 94 valence electrons. The number of aromatic nitrogens is 2. The van der Waals surface area contributed by atoms with Crippen LogP contribution >= 0.6 is 0 Å². The largest absolute Gasteiger partial charge is 0.368 e. The van der Waals surface area contributed by atoms with E-state index in [1.807, 2.05) is 11.0 Å². The van der Waals surface area contributed by atoms with Gasteiger partial charge in [-0.15, -0.1) is 0 Å². The molecule has 0 bridgehead atoms. The smallest absolute Gasteiger partial charge is 0.224 e. The van der Waals surface area contributed by atoms with Crippen LogP contribution in [0.4, 0.5) is 5.82 Å². The van der Waals surface area contributed by atoms with Gasteiger partial charge in [-0.1, -0.05) is 0 Å². The lowest BCUT2D eigenvalue weighted by Crippen LogP contribution is -2.29. The van der Waals surface area contributed by atoms with Crippen molar-refractivity contribution in [2.24, 2.45) is 0 Å². The van der Waals surface area contributed by atoms with E-state index < -0.39 is 0 Å². The first-order valence-corrected chi connectivity index (χ1v) is 6.03. The summed E-state index contributed by atoms with van der Waals surface area (Å²) in [6.45, 7) is 2.23. The van der Waals surface area contributed by atoms with Crippen molar-refractivity contribution in [3.8, 4) is 6.07 Å². The van der Waals surface area contributed by atoms with Crippen molar-refractivity contribution in [1.29, 1.82) is 5.26 Å². The quantitative estimate of drug-likeness (QED) is 0.847. The van der Waals surface area contributed by atoms with Crippen LogP contribution in [0.25, 0.3) is 0 Å². The number of hydrogen-bond donors (Lipinski definition) is 1.